The molecular formula is C14H8Cl4N2O4. The van der Waals surface area contributed by atoms with Crippen molar-refractivity contribution in [3.05, 3.63) is 77.8 Å². The Bertz CT molecular complexity index is 813. The molecule has 0 saturated heterocycles. The van der Waals surface area contributed by atoms with Crippen molar-refractivity contribution in [1.82, 2.24) is 0 Å². The second kappa shape index (κ2) is 7.53. The normalized spacial score (nSPS) is 12.2. The van der Waals surface area contributed by atoms with Crippen LogP contribution in [0, 0.1) is 20.2 Å². The molecule has 6 nitrogen and oxygen atoms in total. The highest BCUT2D eigenvalue weighted by Crippen LogP contribution is 2.40. The lowest BCUT2D eigenvalue weighted by Gasteiger charge is -2.20. The van der Waals surface area contributed by atoms with Gasteiger partial charge in [0.15, 0.2) is 0 Å². The predicted octanol–water partition coefficient (Wildman–Crippen LogP) is 5.75. The first-order valence-corrected chi connectivity index (χ1v) is 8.01. The van der Waals surface area contributed by atoms with E-state index >= 15 is 0 Å². The average molecular weight is 410 g/mol. The van der Waals surface area contributed by atoms with Gasteiger partial charge >= 0.3 is 0 Å². The van der Waals surface area contributed by atoms with E-state index in [2.05, 4.69) is 0 Å². The fourth-order valence-corrected chi connectivity index (χ4v) is 3.19. The molecule has 2 aromatic rings. The van der Waals surface area contributed by atoms with Gasteiger partial charge in [0.1, 0.15) is 9.86 Å². The zero-order valence-electron chi connectivity index (χ0n) is 11.7. The zero-order valence-corrected chi connectivity index (χ0v) is 14.7. The number of nitro benzene ring substituents is 2. The van der Waals surface area contributed by atoms with Crippen LogP contribution in [0.25, 0.3) is 0 Å². The van der Waals surface area contributed by atoms with E-state index < -0.39 is 20.6 Å². The van der Waals surface area contributed by atoms with Crippen molar-refractivity contribution < 1.29 is 9.85 Å². The summed E-state index contributed by atoms with van der Waals surface area (Å²) in [4.78, 5) is 19.7. The van der Waals surface area contributed by atoms with Crippen LogP contribution in [0.2, 0.25) is 10.0 Å². The molecule has 0 bridgehead atoms. The minimum absolute atomic E-state index is 0.0478. The van der Waals surface area contributed by atoms with E-state index in [1.165, 1.54) is 36.4 Å². The van der Waals surface area contributed by atoms with Crippen LogP contribution in [0.5, 0.6) is 0 Å². The molecule has 0 aliphatic heterocycles. The minimum Gasteiger partial charge on any atom is -0.258 e. The van der Waals surface area contributed by atoms with Crippen molar-refractivity contribution in [2.75, 3.05) is 0 Å². The molecule has 0 spiro atoms. The molecule has 24 heavy (non-hydrogen) atoms. The Morgan fingerprint density at radius 1 is 0.875 bits per heavy atom. The van der Waals surface area contributed by atoms with Crippen LogP contribution in [0.4, 0.5) is 11.4 Å². The van der Waals surface area contributed by atoms with Crippen LogP contribution in [0.15, 0.2) is 36.4 Å². The number of hydrogen-bond acceptors (Lipinski definition) is 4. The van der Waals surface area contributed by atoms with Gasteiger partial charge in [-0.1, -0.05) is 29.3 Å². The van der Waals surface area contributed by atoms with Gasteiger partial charge < -0.3 is 0 Å². The van der Waals surface area contributed by atoms with Crippen molar-refractivity contribution in [3.8, 4) is 0 Å². The second-order valence-corrected chi connectivity index (χ2v) is 6.72. The molecule has 0 radical (unpaired) electrons. The van der Waals surface area contributed by atoms with E-state index in [0.717, 1.165) is 0 Å². The standard InChI is InChI=1S/C14H8Cl4N2O4/c15-10-4-2-8(19(21)22)6-9(10)13(14(17)18)7-1-3-11(16)12(5-7)20(23)24/h1-6,13-14H/t13-/m0/s1. The van der Waals surface area contributed by atoms with Gasteiger partial charge in [0, 0.05) is 29.1 Å². The molecule has 0 aliphatic rings. The van der Waals surface area contributed by atoms with E-state index in [4.69, 9.17) is 46.4 Å². The molecule has 0 aliphatic carbocycles. The number of rotatable bonds is 5. The quantitative estimate of drug-likeness (QED) is 0.357. The molecule has 0 fully saturated rings. The topological polar surface area (TPSA) is 86.3 Å². The van der Waals surface area contributed by atoms with Crippen molar-refractivity contribution in [1.29, 1.82) is 0 Å². The molecule has 0 heterocycles. The first-order chi connectivity index (χ1) is 11.2. The molecule has 0 unspecified atom stereocenters. The Kier molecular flexibility index (Phi) is 5.87. The monoisotopic (exact) mass is 408 g/mol. The van der Waals surface area contributed by atoms with E-state index in [0.29, 0.717) is 5.56 Å². The highest BCUT2D eigenvalue weighted by molar-refractivity contribution is 6.45. The Morgan fingerprint density at radius 2 is 1.50 bits per heavy atom. The lowest BCUT2D eigenvalue weighted by molar-refractivity contribution is -0.385. The molecule has 126 valence electrons. The van der Waals surface area contributed by atoms with Crippen molar-refractivity contribution in [2.45, 2.75) is 10.8 Å². The summed E-state index contributed by atoms with van der Waals surface area (Å²) < 4.78 is 0. The fraction of sp³-hybridized carbons (Fsp3) is 0.143. The van der Waals surface area contributed by atoms with E-state index in [-0.39, 0.29) is 27.0 Å². The van der Waals surface area contributed by atoms with Crippen LogP contribution < -0.4 is 0 Å². The molecule has 1 atom stereocenters. The number of alkyl halides is 2. The molecular weight excluding hydrogens is 402 g/mol. The van der Waals surface area contributed by atoms with Crippen molar-refractivity contribution in [2.24, 2.45) is 0 Å². The van der Waals surface area contributed by atoms with Crippen molar-refractivity contribution >= 4 is 57.8 Å². The predicted molar refractivity (Wildman–Crippen MR) is 93.5 cm³/mol. The van der Waals surface area contributed by atoms with Gasteiger partial charge in [-0.15, -0.1) is 23.2 Å². The molecule has 2 rings (SSSR count). The highest BCUT2D eigenvalue weighted by Gasteiger charge is 2.28. The smallest absolute Gasteiger partial charge is 0.258 e. The first kappa shape index (κ1) is 18.7. The third-order valence-electron chi connectivity index (χ3n) is 3.30. The highest BCUT2D eigenvalue weighted by atomic mass is 35.5. The number of non-ortho nitro benzene ring substituents is 1. The van der Waals surface area contributed by atoms with Gasteiger partial charge in [0.25, 0.3) is 11.4 Å². The summed E-state index contributed by atoms with van der Waals surface area (Å²) in [7, 11) is 0. The summed E-state index contributed by atoms with van der Waals surface area (Å²) >= 11 is 24.0. The maximum atomic E-state index is 11.1. The third-order valence-corrected chi connectivity index (χ3v) is 4.47. The van der Waals surface area contributed by atoms with Crippen LogP contribution in [0.3, 0.4) is 0 Å². The Balaban J connectivity index is 2.63. The first-order valence-electron chi connectivity index (χ1n) is 6.38. The van der Waals surface area contributed by atoms with E-state index in [1.807, 2.05) is 0 Å². The zero-order chi connectivity index (χ0) is 18.0. The molecule has 0 aromatic heterocycles. The molecule has 0 N–H and O–H groups in total. The molecule has 10 heteroatoms. The van der Waals surface area contributed by atoms with Gasteiger partial charge in [-0.2, -0.15) is 0 Å². The number of benzene rings is 2. The van der Waals surface area contributed by atoms with E-state index in [9.17, 15) is 20.2 Å². The molecule has 0 saturated carbocycles. The number of hydrogen-bond donors (Lipinski definition) is 0. The number of nitrogens with zero attached hydrogens (tertiary/aromatic N) is 2. The van der Waals surface area contributed by atoms with Gasteiger partial charge in [-0.3, -0.25) is 20.2 Å². The molecule has 0 amide bonds. The van der Waals surface area contributed by atoms with Gasteiger partial charge in [0.05, 0.1) is 9.85 Å². The van der Waals surface area contributed by atoms with Crippen LogP contribution in [-0.4, -0.2) is 14.7 Å². The summed E-state index contributed by atoms with van der Waals surface area (Å²) in [6, 6.07) is 7.90. The summed E-state index contributed by atoms with van der Waals surface area (Å²) in [6.07, 6.45) is 0. The maximum Gasteiger partial charge on any atom is 0.288 e. The average Bonchev–Trinajstić information content (AvgIpc) is 2.50. The number of nitro groups is 2. The summed E-state index contributed by atoms with van der Waals surface area (Å²) in [5.41, 5.74) is 0.132. The minimum atomic E-state index is -1.05. The fourth-order valence-electron chi connectivity index (χ4n) is 2.21. The number of halogens is 4. The SMILES string of the molecule is O=[N+]([O-])c1ccc(Cl)c([C@H](c2ccc(Cl)c([N+](=O)[O-])c2)C(Cl)Cl)c1. The van der Waals surface area contributed by atoms with Crippen LogP contribution in [-0.2, 0) is 0 Å². The Labute approximate surface area is 156 Å². The Morgan fingerprint density at radius 3 is 2.04 bits per heavy atom. The van der Waals surface area contributed by atoms with Gasteiger partial charge in [-0.05, 0) is 23.3 Å². The lowest BCUT2D eigenvalue weighted by Crippen LogP contribution is -2.11. The largest absolute Gasteiger partial charge is 0.288 e. The van der Waals surface area contributed by atoms with Gasteiger partial charge in [0.2, 0.25) is 0 Å². The Hall–Kier alpha value is -1.60. The summed E-state index contributed by atoms with van der Waals surface area (Å²) in [5, 5.41) is 22.2. The van der Waals surface area contributed by atoms with Crippen LogP contribution in [0.1, 0.15) is 17.0 Å². The summed E-state index contributed by atoms with van der Waals surface area (Å²) in [6.45, 7) is 0. The second-order valence-electron chi connectivity index (χ2n) is 4.74. The van der Waals surface area contributed by atoms with Crippen molar-refractivity contribution in [3.63, 3.8) is 0 Å². The third kappa shape index (κ3) is 3.89. The van der Waals surface area contributed by atoms with E-state index in [1.54, 1.807) is 0 Å². The molecule has 2 aromatic carbocycles. The van der Waals surface area contributed by atoms with Crippen LogP contribution >= 0.6 is 46.4 Å². The van der Waals surface area contributed by atoms with Gasteiger partial charge in [-0.25, -0.2) is 0 Å². The lowest BCUT2D eigenvalue weighted by atomic mass is 9.92. The maximum absolute atomic E-state index is 11.1. The summed E-state index contributed by atoms with van der Waals surface area (Å²) in [5.74, 6) is -0.809.